The van der Waals surface area contributed by atoms with Crippen molar-refractivity contribution in [2.45, 2.75) is 18.7 Å². The van der Waals surface area contributed by atoms with Crippen LogP contribution in [0, 0.1) is 5.92 Å². The van der Waals surface area contributed by atoms with E-state index < -0.39 is 5.97 Å². The molecule has 0 aromatic carbocycles. The minimum absolute atomic E-state index is 0.151. The van der Waals surface area contributed by atoms with Crippen molar-refractivity contribution in [3.05, 3.63) is 24.0 Å². The molecule has 0 aliphatic rings. The van der Waals surface area contributed by atoms with Crippen molar-refractivity contribution in [1.82, 2.24) is 4.98 Å². The number of hydrogen-bond donors (Lipinski definition) is 1. The summed E-state index contributed by atoms with van der Waals surface area (Å²) in [7, 11) is 0. The molecular formula is C10H13NO2S. The van der Waals surface area contributed by atoms with Gasteiger partial charge in [0.25, 0.3) is 0 Å². The Morgan fingerprint density at radius 3 is 2.93 bits per heavy atom. The molecule has 0 saturated carbocycles. The van der Waals surface area contributed by atoms with Crippen LogP contribution in [0.4, 0.5) is 0 Å². The number of rotatable bonds is 4. The van der Waals surface area contributed by atoms with Gasteiger partial charge in [0, 0.05) is 16.8 Å². The second-order valence-electron chi connectivity index (χ2n) is 3.36. The van der Waals surface area contributed by atoms with Gasteiger partial charge in [0.1, 0.15) is 0 Å². The van der Waals surface area contributed by atoms with Gasteiger partial charge in [-0.2, -0.15) is 0 Å². The van der Waals surface area contributed by atoms with Gasteiger partial charge in [-0.05, 0) is 18.1 Å². The number of carbonyl (C=O) groups is 1. The van der Waals surface area contributed by atoms with Crippen LogP contribution in [0.2, 0.25) is 0 Å². The van der Waals surface area contributed by atoms with E-state index in [0.717, 1.165) is 10.6 Å². The monoisotopic (exact) mass is 211 g/mol. The molecule has 0 fully saturated rings. The van der Waals surface area contributed by atoms with Gasteiger partial charge in [0.2, 0.25) is 0 Å². The molecule has 1 heterocycles. The highest BCUT2D eigenvalue weighted by Crippen LogP contribution is 2.22. The fraction of sp³-hybridized carbons (Fsp3) is 0.400. The van der Waals surface area contributed by atoms with Crippen LogP contribution in [0.25, 0.3) is 0 Å². The summed E-state index contributed by atoms with van der Waals surface area (Å²) in [5.74, 6) is 0.491. The third-order valence-electron chi connectivity index (χ3n) is 1.55. The zero-order valence-electron chi connectivity index (χ0n) is 8.23. The van der Waals surface area contributed by atoms with E-state index in [9.17, 15) is 4.79 Å². The highest BCUT2D eigenvalue weighted by atomic mass is 32.2. The molecule has 0 unspecified atom stereocenters. The molecule has 1 N–H and O–H groups in total. The lowest BCUT2D eigenvalue weighted by Crippen LogP contribution is -2.02. The van der Waals surface area contributed by atoms with Gasteiger partial charge in [-0.3, -0.25) is 0 Å². The summed E-state index contributed by atoms with van der Waals surface area (Å²) in [6.45, 7) is 4.20. The van der Waals surface area contributed by atoms with Crippen LogP contribution < -0.4 is 0 Å². The van der Waals surface area contributed by atoms with Crippen molar-refractivity contribution in [1.29, 1.82) is 0 Å². The summed E-state index contributed by atoms with van der Waals surface area (Å²) in [6.07, 6.45) is 1.50. The number of pyridine rings is 1. The molecule has 0 amide bonds. The third kappa shape index (κ3) is 3.03. The Labute approximate surface area is 87.6 Å². The number of aromatic nitrogens is 1. The molecule has 0 bridgehead atoms. The van der Waals surface area contributed by atoms with Crippen molar-refractivity contribution in [3.8, 4) is 0 Å². The number of nitrogens with zero attached hydrogens (tertiary/aromatic N) is 1. The highest BCUT2D eigenvalue weighted by molar-refractivity contribution is 7.99. The second-order valence-corrected chi connectivity index (χ2v) is 4.42. The zero-order valence-corrected chi connectivity index (χ0v) is 9.04. The van der Waals surface area contributed by atoms with E-state index in [4.69, 9.17) is 5.11 Å². The summed E-state index contributed by atoms with van der Waals surface area (Å²) in [5.41, 5.74) is 0.151. The predicted octanol–water partition coefficient (Wildman–Crippen LogP) is 2.53. The van der Waals surface area contributed by atoms with Crippen LogP contribution in [0.3, 0.4) is 0 Å². The molecule has 0 saturated heterocycles. The first-order valence-electron chi connectivity index (χ1n) is 4.42. The van der Waals surface area contributed by atoms with Gasteiger partial charge in [0.15, 0.2) is 5.69 Å². The minimum Gasteiger partial charge on any atom is -0.476 e. The average molecular weight is 211 g/mol. The van der Waals surface area contributed by atoms with E-state index in [1.54, 1.807) is 23.9 Å². The SMILES string of the molecule is CC(C)CSc1cccnc1C(=O)O. The Morgan fingerprint density at radius 2 is 2.36 bits per heavy atom. The Bertz CT molecular complexity index is 326. The smallest absolute Gasteiger partial charge is 0.355 e. The maximum Gasteiger partial charge on any atom is 0.355 e. The first kappa shape index (κ1) is 11.0. The van der Waals surface area contributed by atoms with Crippen LogP contribution in [-0.2, 0) is 0 Å². The largest absolute Gasteiger partial charge is 0.476 e. The molecule has 0 aliphatic heterocycles. The Balaban J connectivity index is 2.79. The first-order valence-corrected chi connectivity index (χ1v) is 5.41. The minimum atomic E-state index is -0.961. The average Bonchev–Trinajstić information content (AvgIpc) is 2.15. The fourth-order valence-electron chi connectivity index (χ4n) is 0.924. The normalized spacial score (nSPS) is 10.5. The van der Waals surface area contributed by atoms with Crippen LogP contribution >= 0.6 is 11.8 Å². The number of aromatic carboxylic acids is 1. The van der Waals surface area contributed by atoms with Gasteiger partial charge < -0.3 is 5.11 Å². The first-order chi connectivity index (χ1) is 6.61. The van der Waals surface area contributed by atoms with Crippen molar-refractivity contribution in [2.24, 2.45) is 5.92 Å². The molecule has 3 nitrogen and oxygen atoms in total. The van der Waals surface area contributed by atoms with Crippen LogP contribution in [-0.4, -0.2) is 21.8 Å². The van der Waals surface area contributed by atoms with Crippen LogP contribution in [0.15, 0.2) is 23.2 Å². The van der Waals surface area contributed by atoms with Gasteiger partial charge in [0.05, 0.1) is 0 Å². The van der Waals surface area contributed by atoms with Crippen LogP contribution in [0.1, 0.15) is 24.3 Å². The molecule has 0 atom stereocenters. The van der Waals surface area contributed by atoms with Gasteiger partial charge in [-0.25, -0.2) is 9.78 Å². The van der Waals surface area contributed by atoms with Gasteiger partial charge in [-0.1, -0.05) is 13.8 Å². The summed E-state index contributed by atoms with van der Waals surface area (Å²) < 4.78 is 0. The molecule has 1 rings (SSSR count). The molecule has 76 valence electrons. The molecule has 1 aromatic heterocycles. The van der Waals surface area contributed by atoms with Crippen molar-refractivity contribution in [3.63, 3.8) is 0 Å². The highest BCUT2D eigenvalue weighted by Gasteiger charge is 2.11. The van der Waals surface area contributed by atoms with E-state index in [1.807, 2.05) is 0 Å². The number of carboxylic acid groups (broad SMARTS) is 1. The number of thioether (sulfide) groups is 1. The van der Waals surface area contributed by atoms with E-state index in [0.29, 0.717) is 5.92 Å². The topological polar surface area (TPSA) is 50.2 Å². The molecule has 14 heavy (non-hydrogen) atoms. The molecule has 0 spiro atoms. The Morgan fingerprint density at radius 1 is 1.64 bits per heavy atom. The van der Waals surface area contributed by atoms with Gasteiger partial charge in [-0.15, -0.1) is 11.8 Å². The second kappa shape index (κ2) is 5.00. The fourth-order valence-corrected chi connectivity index (χ4v) is 1.89. The van der Waals surface area contributed by atoms with Crippen molar-refractivity contribution < 1.29 is 9.90 Å². The van der Waals surface area contributed by atoms with Crippen molar-refractivity contribution >= 4 is 17.7 Å². The Hall–Kier alpha value is -1.03. The zero-order chi connectivity index (χ0) is 10.6. The summed E-state index contributed by atoms with van der Waals surface area (Å²) >= 11 is 1.54. The molecule has 1 aromatic rings. The van der Waals surface area contributed by atoms with Crippen molar-refractivity contribution in [2.75, 3.05) is 5.75 Å². The number of carboxylic acids is 1. The predicted molar refractivity (Wildman–Crippen MR) is 56.8 cm³/mol. The van der Waals surface area contributed by atoms with E-state index in [2.05, 4.69) is 18.8 Å². The lowest BCUT2D eigenvalue weighted by molar-refractivity contribution is 0.0686. The third-order valence-corrected chi connectivity index (χ3v) is 3.02. The van der Waals surface area contributed by atoms with E-state index in [-0.39, 0.29) is 5.69 Å². The van der Waals surface area contributed by atoms with E-state index >= 15 is 0 Å². The standard InChI is InChI=1S/C10H13NO2S/c1-7(2)6-14-8-4-3-5-11-9(8)10(12)13/h3-5,7H,6H2,1-2H3,(H,12,13). The maximum atomic E-state index is 10.8. The van der Waals surface area contributed by atoms with E-state index in [1.165, 1.54) is 6.20 Å². The lowest BCUT2D eigenvalue weighted by atomic mass is 10.3. The summed E-state index contributed by atoms with van der Waals surface area (Å²) in [5, 5.41) is 8.86. The molecule has 4 heteroatoms. The van der Waals surface area contributed by atoms with Gasteiger partial charge >= 0.3 is 5.97 Å². The maximum absolute atomic E-state index is 10.8. The summed E-state index contributed by atoms with van der Waals surface area (Å²) in [4.78, 5) is 15.4. The van der Waals surface area contributed by atoms with Crippen LogP contribution in [0.5, 0.6) is 0 Å². The number of hydrogen-bond acceptors (Lipinski definition) is 3. The quantitative estimate of drug-likeness (QED) is 0.777. The summed E-state index contributed by atoms with van der Waals surface area (Å²) in [6, 6.07) is 3.55. The molecular weight excluding hydrogens is 198 g/mol. The molecule has 0 aliphatic carbocycles. The Kier molecular flexibility index (Phi) is 3.95. The lowest BCUT2D eigenvalue weighted by Gasteiger charge is -2.06. The molecule has 0 radical (unpaired) electrons.